The van der Waals surface area contributed by atoms with Crippen LogP contribution in [0.1, 0.15) is 5.69 Å². The zero-order valence-corrected chi connectivity index (χ0v) is 11.9. The van der Waals surface area contributed by atoms with Gasteiger partial charge in [0.15, 0.2) is 10.8 Å². The van der Waals surface area contributed by atoms with Gasteiger partial charge in [0.1, 0.15) is 5.69 Å². The van der Waals surface area contributed by atoms with Gasteiger partial charge in [-0.25, -0.2) is 4.39 Å². The average Bonchev–Trinajstić information content (AvgIpc) is 3.00. The first-order chi connectivity index (χ1) is 10.1. The minimum absolute atomic E-state index is 0.0602. The number of aromatic nitrogens is 2. The molecule has 1 aromatic carbocycles. The first-order valence-corrected chi connectivity index (χ1v) is 7.14. The number of alkyl halides is 1. The summed E-state index contributed by atoms with van der Waals surface area (Å²) in [5.41, 5.74) is 0.0392. The molecular weight excluding hydrogens is 321 g/mol. The van der Waals surface area contributed by atoms with Gasteiger partial charge in [0.25, 0.3) is 0 Å². The summed E-state index contributed by atoms with van der Waals surface area (Å²) in [5, 5.41) is 12.8. The summed E-state index contributed by atoms with van der Waals surface area (Å²) < 4.78 is 20.9. The Kier molecular flexibility index (Phi) is 3.48. The molecule has 0 saturated heterocycles. The van der Waals surface area contributed by atoms with Crippen LogP contribution in [-0.2, 0) is 5.88 Å². The summed E-state index contributed by atoms with van der Waals surface area (Å²) in [6, 6.07) is 3.49. The SMILES string of the molecule is O=[N+]([O-])c1cccc(F)c1Oc1nc2sccn2c1CCl. The van der Waals surface area contributed by atoms with E-state index in [0.717, 1.165) is 12.1 Å². The summed E-state index contributed by atoms with van der Waals surface area (Å²) in [6.45, 7) is 0. The van der Waals surface area contributed by atoms with Crippen LogP contribution in [0.4, 0.5) is 10.1 Å². The smallest absolute Gasteiger partial charge is 0.314 e. The van der Waals surface area contributed by atoms with E-state index in [1.165, 1.54) is 17.4 Å². The van der Waals surface area contributed by atoms with E-state index in [1.54, 1.807) is 10.6 Å². The van der Waals surface area contributed by atoms with Gasteiger partial charge in [-0.05, 0) is 6.07 Å². The quantitative estimate of drug-likeness (QED) is 0.413. The largest absolute Gasteiger partial charge is 0.427 e. The van der Waals surface area contributed by atoms with Gasteiger partial charge in [0, 0.05) is 17.6 Å². The summed E-state index contributed by atoms with van der Waals surface area (Å²) in [6.07, 6.45) is 1.74. The van der Waals surface area contributed by atoms with Gasteiger partial charge in [0.2, 0.25) is 11.6 Å². The number of rotatable bonds is 4. The lowest BCUT2D eigenvalue weighted by Crippen LogP contribution is -1.98. The molecule has 6 nitrogen and oxygen atoms in total. The fourth-order valence-corrected chi connectivity index (χ4v) is 2.82. The third-order valence-corrected chi connectivity index (χ3v) is 3.80. The van der Waals surface area contributed by atoms with Gasteiger partial charge < -0.3 is 4.74 Å². The first-order valence-electron chi connectivity index (χ1n) is 5.73. The number of halogens is 2. The van der Waals surface area contributed by atoms with Crippen LogP contribution in [0.5, 0.6) is 11.6 Å². The van der Waals surface area contributed by atoms with Crippen LogP contribution in [0.3, 0.4) is 0 Å². The van der Waals surface area contributed by atoms with Crippen LogP contribution in [0, 0.1) is 15.9 Å². The Morgan fingerprint density at radius 3 is 3.05 bits per heavy atom. The third-order valence-electron chi connectivity index (χ3n) is 2.79. The predicted molar refractivity (Wildman–Crippen MR) is 75.8 cm³/mol. The standard InChI is InChI=1S/C12H7ClFN3O3S/c13-6-9-11(15-12-16(9)4-5-21-12)20-10-7(14)2-1-3-8(10)17(18)19/h1-5H,6H2. The molecule has 0 N–H and O–H groups in total. The second-order valence-electron chi connectivity index (χ2n) is 4.00. The van der Waals surface area contributed by atoms with Crippen molar-refractivity contribution in [1.29, 1.82) is 0 Å². The number of para-hydroxylation sites is 1. The van der Waals surface area contributed by atoms with Crippen molar-refractivity contribution in [2.24, 2.45) is 0 Å². The van der Waals surface area contributed by atoms with Crippen LogP contribution in [0.2, 0.25) is 0 Å². The molecule has 2 heterocycles. The Morgan fingerprint density at radius 1 is 1.52 bits per heavy atom. The number of hydrogen-bond acceptors (Lipinski definition) is 5. The molecule has 0 bridgehead atoms. The predicted octanol–water partition coefficient (Wildman–Crippen LogP) is 3.97. The third kappa shape index (κ3) is 2.32. The topological polar surface area (TPSA) is 69.7 Å². The zero-order chi connectivity index (χ0) is 15.0. The summed E-state index contributed by atoms with van der Waals surface area (Å²) in [4.78, 5) is 15.0. The number of hydrogen-bond donors (Lipinski definition) is 0. The number of benzene rings is 1. The molecule has 0 aliphatic carbocycles. The van der Waals surface area contributed by atoms with Gasteiger partial charge in [-0.15, -0.1) is 22.9 Å². The molecule has 21 heavy (non-hydrogen) atoms. The Morgan fingerprint density at radius 2 is 2.33 bits per heavy atom. The van der Waals surface area contributed by atoms with Crippen molar-refractivity contribution in [3.05, 3.63) is 51.4 Å². The first kappa shape index (κ1) is 13.8. The lowest BCUT2D eigenvalue weighted by atomic mass is 10.3. The molecule has 0 fully saturated rings. The molecule has 0 radical (unpaired) electrons. The normalized spacial score (nSPS) is 11.0. The molecule has 0 aliphatic heterocycles. The van der Waals surface area contributed by atoms with Crippen molar-refractivity contribution in [3.8, 4) is 11.6 Å². The number of ether oxygens (including phenoxy) is 1. The summed E-state index contributed by atoms with van der Waals surface area (Å²) >= 11 is 7.20. The van der Waals surface area contributed by atoms with Crippen LogP contribution in [0.15, 0.2) is 29.8 Å². The molecule has 0 spiro atoms. The van der Waals surface area contributed by atoms with Gasteiger partial charge in [-0.1, -0.05) is 6.07 Å². The van der Waals surface area contributed by atoms with E-state index in [4.69, 9.17) is 16.3 Å². The molecule has 9 heteroatoms. The van der Waals surface area contributed by atoms with Crippen molar-refractivity contribution in [1.82, 2.24) is 9.38 Å². The highest BCUT2D eigenvalue weighted by atomic mass is 35.5. The van der Waals surface area contributed by atoms with Crippen LogP contribution in [0.25, 0.3) is 4.96 Å². The van der Waals surface area contributed by atoms with Crippen molar-refractivity contribution in [3.63, 3.8) is 0 Å². The van der Waals surface area contributed by atoms with E-state index in [0.29, 0.717) is 10.7 Å². The Labute approximate surface area is 126 Å². The maximum Gasteiger partial charge on any atom is 0.314 e. The molecule has 0 atom stereocenters. The zero-order valence-electron chi connectivity index (χ0n) is 10.3. The van der Waals surface area contributed by atoms with Gasteiger partial charge in [-0.2, -0.15) is 4.98 Å². The molecular formula is C12H7ClFN3O3S. The van der Waals surface area contributed by atoms with Crippen LogP contribution in [-0.4, -0.2) is 14.3 Å². The summed E-state index contributed by atoms with van der Waals surface area (Å²) in [7, 11) is 0. The highest BCUT2D eigenvalue weighted by Gasteiger charge is 2.23. The van der Waals surface area contributed by atoms with E-state index in [2.05, 4.69) is 4.98 Å². The van der Waals surface area contributed by atoms with Gasteiger partial charge >= 0.3 is 5.69 Å². The van der Waals surface area contributed by atoms with Crippen molar-refractivity contribution in [2.75, 3.05) is 0 Å². The van der Waals surface area contributed by atoms with Gasteiger partial charge in [-0.3, -0.25) is 14.5 Å². The average molecular weight is 328 g/mol. The second-order valence-corrected chi connectivity index (χ2v) is 5.14. The van der Waals surface area contributed by atoms with Crippen molar-refractivity contribution < 1.29 is 14.1 Å². The Bertz CT molecular complexity index is 832. The number of thiazole rings is 1. The second kappa shape index (κ2) is 5.30. The Balaban J connectivity index is 2.10. The molecule has 108 valence electrons. The number of fused-ring (bicyclic) bond motifs is 1. The highest BCUT2D eigenvalue weighted by Crippen LogP contribution is 2.36. The van der Waals surface area contributed by atoms with Crippen LogP contribution >= 0.6 is 22.9 Å². The van der Waals surface area contributed by atoms with Crippen molar-refractivity contribution >= 4 is 33.6 Å². The van der Waals surface area contributed by atoms with E-state index in [-0.39, 0.29) is 11.8 Å². The van der Waals surface area contributed by atoms with Gasteiger partial charge in [0.05, 0.1) is 10.8 Å². The molecule has 3 aromatic rings. The van der Waals surface area contributed by atoms with E-state index >= 15 is 0 Å². The van der Waals surface area contributed by atoms with E-state index in [1.807, 2.05) is 5.38 Å². The number of nitro benzene ring substituents is 1. The Hall–Kier alpha value is -2.19. The monoisotopic (exact) mass is 327 g/mol. The van der Waals surface area contributed by atoms with E-state index < -0.39 is 22.2 Å². The molecule has 0 saturated carbocycles. The fourth-order valence-electron chi connectivity index (χ4n) is 1.85. The highest BCUT2D eigenvalue weighted by molar-refractivity contribution is 7.15. The minimum Gasteiger partial charge on any atom is -0.427 e. The molecule has 0 unspecified atom stereocenters. The van der Waals surface area contributed by atoms with E-state index in [9.17, 15) is 14.5 Å². The lowest BCUT2D eigenvalue weighted by Gasteiger charge is -2.06. The molecule has 0 amide bonds. The molecule has 2 aromatic heterocycles. The summed E-state index contributed by atoms with van der Waals surface area (Å²) in [5.74, 6) is -1.17. The maximum atomic E-state index is 13.8. The number of nitro groups is 1. The minimum atomic E-state index is -0.832. The molecule has 3 rings (SSSR count). The molecule has 0 aliphatic rings. The lowest BCUT2D eigenvalue weighted by molar-refractivity contribution is -0.385. The fraction of sp³-hybridized carbons (Fsp3) is 0.0833. The van der Waals surface area contributed by atoms with Crippen molar-refractivity contribution in [2.45, 2.75) is 5.88 Å². The number of nitrogens with zero attached hydrogens (tertiary/aromatic N) is 3. The van der Waals surface area contributed by atoms with Crippen LogP contribution < -0.4 is 4.74 Å². The number of imidazole rings is 1. The maximum absolute atomic E-state index is 13.8.